The van der Waals surface area contributed by atoms with Crippen molar-refractivity contribution in [3.63, 3.8) is 0 Å². The van der Waals surface area contributed by atoms with Crippen molar-refractivity contribution < 1.29 is 23.5 Å². The van der Waals surface area contributed by atoms with E-state index in [1.54, 1.807) is 12.1 Å². The molecule has 0 heterocycles. The lowest BCUT2D eigenvalue weighted by Crippen LogP contribution is -2.51. The summed E-state index contributed by atoms with van der Waals surface area (Å²) >= 11 is 0. The van der Waals surface area contributed by atoms with Crippen LogP contribution in [0.2, 0.25) is 0 Å². The van der Waals surface area contributed by atoms with Crippen molar-refractivity contribution in [2.75, 3.05) is 13.1 Å². The van der Waals surface area contributed by atoms with E-state index in [0.717, 1.165) is 12.0 Å². The minimum Gasteiger partial charge on any atom is -0.411 e. The lowest BCUT2D eigenvalue weighted by Gasteiger charge is -2.31. The topological polar surface area (TPSA) is 119 Å². The van der Waals surface area contributed by atoms with Gasteiger partial charge in [0, 0.05) is 19.5 Å². The van der Waals surface area contributed by atoms with Crippen LogP contribution < -0.4 is 5.32 Å². The molecule has 198 valence electrons. The average Bonchev–Trinajstić information content (AvgIpc) is 2.84. The number of nitrogens with zero attached hydrogens (tertiary/aromatic N) is 2. The molecule has 1 amide bonds. The molecule has 0 saturated carbocycles. The third-order valence-corrected chi connectivity index (χ3v) is 7.87. The van der Waals surface area contributed by atoms with Crippen molar-refractivity contribution in [1.82, 2.24) is 9.62 Å². The molecule has 0 aromatic heterocycles. The molecule has 0 spiro atoms. The summed E-state index contributed by atoms with van der Waals surface area (Å²) in [5.74, 6) is 0.0558. The predicted octanol–water partition coefficient (Wildman–Crippen LogP) is 3.67. The third-order valence-electron chi connectivity index (χ3n) is 6.02. The Balaban J connectivity index is 2.30. The largest absolute Gasteiger partial charge is 0.411 e. The van der Waals surface area contributed by atoms with E-state index in [9.17, 15) is 18.3 Å². The summed E-state index contributed by atoms with van der Waals surface area (Å²) in [6.07, 6.45) is 1.66. The molecule has 2 aromatic carbocycles. The number of oxime groups is 1. The van der Waals surface area contributed by atoms with Crippen molar-refractivity contribution in [2.24, 2.45) is 17.0 Å². The van der Waals surface area contributed by atoms with Gasteiger partial charge in [-0.3, -0.25) is 4.79 Å². The van der Waals surface area contributed by atoms with Crippen molar-refractivity contribution in [3.05, 3.63) is 65.7 Å². The quantitative estimate of drug-likeness (QED) is 0.201. The van der Waals surface area contributed by atoms with Gasteiger partial charge in [-0.25, -0.2) is 8.42 Å². The molecule has 0 radical (unpaired) electrons. The second-order valence-electron chi connectivity index (χ2n) is 9.68. The second-order valence-corrected chi connectivity index (χ2v) is 11.6. The lowest BCUT2D eigenvalue weighted by molar-refractivity contribution is -0.123. The number of rotatable bonds is 14. The minimum absolute atomic E-state index is 0.0142. The predicted molar refractivity (Wildman–Crippen MR) is 142 cm³/mol. The minimum atomic E-state index is -3.93. The van der Waals surface area contributed by atoms with Gasteiger partial charge in [-0.2, -0.15) is 4.31 Å². The standard InChI is InChI=1S/C27H39N3O5S/c1-5-21(4)15-27(32)29-25(16-22-9-7-6-8-10-22)26(31)19-30(18-20(2)3)36(34,35)24-13-11-23(12-14-24)17-28-33/h6-14,17,20-21,25-26,31,33H,5,15-16,18-19H2,1-4H3,(H,29,32)/b28-17+/t21?,25-,26+/m0/s1. The third kappa shape index (κ3) is 9.04. The SMILES string of the molecule is CCC(C)CC(=O)N[C@@H](Cc1ccccc1)[C@H](O)CN(CC(C)C)S(=O)(=O)c1ccc(/C=N/O)cc1. The maximum Gasteiger partial charge on any atom is 0.243 e. The van der Waals surface area contributed by atoms with Crippen molar-refractivity contribution in [3.8, 4) is 0 Å². The Labute approximate surface area is 215 Å². The molecule has 3 N–H and O–H groups in total. The summed E-state index contributed by atoms with van der Waals surface area (Å²) in [5.41, 5.74) is 1.49. The molecule has 2 aromatic rings. The molecule has 1 unspecified atom stereocenters. The molecular formula is C27H39N3O5S. The number of nitrogens with one attached hydrogen (secondary N) is 1. The maximum absolute atomic E-state index is 13.5. The molecule has 0 aliphatic rings. The zero-order chi connectivity index (χ0) is 26.7. The van der Waals surface area contributed by atoms with Gasteiger partial charge in [0.15, 0.2) is 0 Å². The van der Waals surface area contributed by atoms with Crippen LogP contribution in [0, 0.1) is 11.8 Å². The van der Waals surface area contributed by atoms with Gasteiger partial charge < -0.3 is 15.6 Å². The summed E-state index contributed by atoms with van der Waals surface area (Å²) in [6, 6.07) is 14.8. The first-order chi connectivity index (χ1) is 17.1. The maximum atomic E-state index is 13.5. The van der Waals surface area contributed by atoms with Gasteiger partial charge in [0.1, 0.15) is 0 Å². The Morgan fingerprint density at radius 2 is 1.69 bits per heavy atom. The van der Waals surface area contributed by atoms with Crippen LogP contribution in [-0.4, -0.2) is 60.4 Å². The number of benzene rings is 2. The number of aliphatic hydroxyl groups excluding tert-OH is 1. The highest BCUT2D eigenvalue weighted by atomic mass is 32.2. The van der Waals surface area contributed by atoms with E-state index in [0.29, 0.717) is 18.4 Å². The normalized spacial score (nSPS) is 14.8. The highest BCUT2D eigenvalue weighted by Gasteiger charge is 2.31. The average molecular weight is 518 g/mol. The molecule has 0 fully saturated rings. The lowest BCUT2D eigenvalue weighted by atomic mass is 9.99. The van der Waals surface area contributed by atoms with E-state index in [1.165, 1.54) is 22.7 Å². The van der Waals surface area contributed by atoms with Crippen LogP contribution in [-0.2, 0) is 21.2 Å². The first kappa shape index (κ1) is 29.5. The van der Waals surface area contributed by atoms with Crippen LogP contribution in [0.25, 0.3) is 0 Å². The zero-order valence-electron chi connectivity index (χ0n) is 21.5. The van der Waals surface area contributed by atoms with Crippen molar-refractivity contribution >= 4 is 22.1 Å². The van der Waals surface area contributed by atoms with E-state index in [1.807, 2.05) is 58.0 Å². The van der Waals surface area contributed by atoms with Crippen LogP contribution in [0.4, 0.5) is 0 Å². The molecule has 8 nitrogen and oxygen atoms in total. The van der Waals surface area contributed by atoms with Crippen LogP contribution in [0.3, 0.4) is 0 Å². The van der Waals surface area contributed by atoms with Gasteiger partial charge in [-0.05, 0) is 41.5 Å². The summed E-state index contributed by atoms with van der Waals surface area (Å²) in [4.78, 5) is 12.8. The Morgan fingerprint density at radius 1 is 1.06 bits per heavy atom. The number of sulfonamides is 1. The van der Waals surface area contributed by atoms with Gasteiger partial charge in [-0.15, -0.1) is 0 Å². The highest BCUT2D eigenvalue weighted by molar-refractivity contribution is 7.89. The number of hydrogen-bond donors (Lipinski definition) is 3. The second kappa shape index (κ2) is 14.1. The molecule has 2 rings (SSSR count). The number of carbonyl (C=O) groups is 1. The fourth-order valence-electron chi connectivity index (χ4n) is 3.83. The number of carbonyl (C=O) groups excluding carboxylic acids is 1. The van der Waals surface area contributed by atoms with Crippen LogP contribution in [0.1, 0.15) is 51.7 Å². The van der Waals surface area contributed by atoms with Crippen LogP contribution >= 0.6 is 0 Å². The molecule has 36 heavy (non-hydrogen) atoms. The molecule has 0 aliphatic heterocycles. The molecule has 0 bridgehead atoms. The number of hydrogen-bond acceptors (Lipinski definition) is 6. The zero-order valence-corrected chi connectivity index (χ0v) is 22.4. The summed E-state index contributed by atoms with van der Waals surface area (Å²) in [6.45, 7) is 7.87. The summed E-state index contributed by atoms with van der Waals surface area (Å²) < 4.78 is 28.3. The van der Waals surface area contributed by atoms with Crippen molar-refractivity contribution in [2.45, 2.75) is 64.0 Å². The Hall–Kier alpha value is -2.75. The van der Waals surface area contributed by atoms with Gasteiger partial charge in [0.25, 0.3) is 0 Å². The Bertz CT molecular complexity index is 1070. The molecular weight excluding hydrogens is 478 g/mol. The van der Waals surface area contributed by atoms with E-state index in [4.69, 9.17) is 5.21 Å². The van der Waals surface area contributed by atoms with Gasteiger partial charge in [-0.1, -0.05) is 81.7 Å². The molecule has 9 heteroatoms. The van der Waals surface area contributed by atoms with Crippen LogP contribution in [0.15, 0.2) is 64.6 Å². The number of aliphatic hydroxyl groups is 1. The van der Waals surface area contributed by atoms with E-state index < -0.39 is 22.2 Å². The van der Waals surface area contributed by atoms with E-state index in [2.05, 4.69) is 10.5 Å². The Kier molecular flexibility index (Phi) is 11.6. The summed E-state index contributed by atoms with van der Waals surface area (Å²) in [7, 11) is -3.93. The highest BCUT2D eigenvalue weighted by Crippen LogP contribution is 2.20. The molecule has 0 saturated heterocycles. The summed E-state index contributed by atoms with van der Waals surface area (Å²) in [5, 5.41) is 25.9. The molecule has 3 atom stereocenters. The monoisotopic (exact) mass is 517 g/mol. The Morgan fingerprint density at radius 3 is 2.25 bits per heavy atom. The van der Waals surface area contributed by atoms with E-state index in [-0.39, 0.29) is 35.7 Å². The number of amides is 1. The smallest absolute Gasteiger partial charge is 0.243 e. The van der Waals surface area contributed by atoms with E-state index >= 15 is 0 Å². The molecule has 0 aliphatic carbocycles. The first-order valence-electron chi connectivity index (χ1n) is 12.4. The fraction of sp³-hybridized carbons (Fsp3) is 0.481. The van der Waals surface area contributed by atoms with Gasteiger partial charge >= 0.3 is 0 Å². The van der Waals surface area contributed by atoms with Gasteiger partial charge in [0.05, 0.1) is 23.3 Å². The fourth-order valence-corrected chi connectivity index (χ4v) is 5.45. The van der Waals surface area contributed by atoms with Crippen LogP contribution in [0.5, 0.6) is 0 Å². The first-order valence-corrected chi connectivity index (χ1v) is 13.8. The van der Waals surface area contributed by atoms with Crippen molar-refractivity contribution in [1.29, 1.82) is 0 Å². The van der Waals surface area contributed by atoms with Gasteiger partial charge in [0.2, 0.25) is 15.9 Å².